The minimum Gasteiger partial charge on any atom is -0.360 e. The molecule has 0 aromatic carbocycles. The molecule has 4 heteroatoms. The molecule has 1 aliphatic rings. The molecule has 2 rings (SSSR count). The normalized spacial score (nSPS) is 17.6. The van der Waals surface area contributed by atoms with Crippen molar-refractivity contribution >= 4 is 21.7 Å². The first kappa shape index (κ1) is 10.0. The zero-order valence-electron chi connectivity index (χ0n) is 8.68. The Bertz CT molecular complexity index is 313. The average molecular weight is 258 g/mol. The summed E-state index contributed by atoms with van der Waals surface area (Å²) in [6.45, 7) is 0. The Hall–Kier alpha value is -0.510. The van der Waals surface area contributed by atoms with Gasteiger partial charge in [0.15, 0.2) is 5.82 Å². The van der Waals surface area contributed by atoms with Crippen LogP contribution in [0.2, 0.25) is 0 Å². The van der Waals surface area contributed by atoms with E-state index in [0.29, 0.717) is 5.92 Å². The van der Waals surface area contributed by atoms with E-state index in [-0.39, 0.29) is 0 Å². The van der Waals surface area contributed by atoms with Gasteiger partial charge in [-0.25, -0.2) is 0 Å². The van der Waals surface area contributed by atoms with Crippen LogP contribution in [0, 0.1) is 0 Å². The Kier molecular flexibility index (Phi) is 2.81. The predicted octanol–water partition coefficient (Wildman–Crippen LogP) is 2.90. The third kappa shape index (κ3) is 1.67. The van der Waals surface area contributed by atoms with Gasteiger partial charge in [0.1, 0.15) is 0 Å². The van der Waals surface area contributed by atoms with Crippen LogP contribution in [0.25, 0.3) is 0 Å². The molecule has 1 N–H and O–H groups in total. The molecule has 1 aliphatic carbocycles. The second-order valence-corrected chi connectivity index (χ2v) is 4.94. The Morgan fingerprint density at radius 3 is 2.50 bits per heavy atom. The highest BCUT2D eigenvalue weighted by molar-refractivity contribution is 9.10. The lowest BCUT2D eigenvalue weighted by molar-refractivity contribution is 0.690. The first-order valence-corrected chi connectivity index (χ1v) is 5.90. The Morgan fingerprint density at radius 1 is 1.36 bits per heavy atom. The molecule has 14 heavy (non-hydrogen) atoms. The average Bonchev–Trinajstić information content (AvgIpc) is 2.71. The summed E-state index contributed by atoms with van der Waals surface area (Å²) >= 11 is 3.63. The molecule has 1 fully saturated rings. The summed E-state index contributed by atoms with van der Waals surface area (Å²) in [7, 11) is 4.03. The van der Waals surface area contributed by atoms with Gasteiger partial charge in [-0.3, -0.25) is 5.10 Å². The topological polar surface area (TPSA) is 31.9 Å². The van der Waals surface area contributed by atoms with Gasteiger partial charge in [-0.1, -0.05) is 12.8 Å². The van der Waals surface area contributed by atoms with Crippen LogP contribution in [0.5, 0.6) is 0 Å². The van der Waals surface area contributed by atoms with Crippen LogP contribution in [0.15, 0.2) is 4.47 Å². The maximum Gasteiger partial charge on any atom is 0.164 e. The zero-order chi connectivity index (χ0) is 10.1. The van der Waals surface area contributed by atoms with E-state index in [1.807, 2.05) is 19.0 Å². The standard InChI is InChI=1S/C10H16BrN3/c1-14(2)10-8(11)9(12-13-10)7-5-3-4-6-7/h7H,3-6H2,1-2H3,(H,12,13). The van der Waals surface area contributed by atoms with Crippen molar-refractivity contribution in [2.24, 2.45) is 0 Å². The monoisotopic (exact) mass is 257 g/mol. The summed E-state index contributed by atoms with van der Waals surface area (Å²) < 4.78 is 1.15. The van der Waals surface area contributed by atoms with E-state index in [1.165, 1.54) is 31.4 Å². The molecule has 1 heterocycles. The number of H-pyrrole nitrogens is 1. The third-order valence-corrected chi connectivity index (χ3v) is 3.68. The Labute approximate surface area is 93.0 Å². The second kappa shape index (κ2) is 3.93. The van der Waals surface area contributed by atoms with Gasteiger partial charge in [-0.2, -0.15) is 5.10 Å². The molecular weight excluding hydrogens is 242 g/mol. The van der Waals surface area contributed by atoms with Gasteiger partial charge in [0.25, 0.3) is 0 Å². The number of aromatic amines is 1. The number of anilines is 1. The van der Waals surface area contributed by atoms with Crippen molar-refractivity contribution < 1.29 is 0 Å². The van der Waals surface area contributed by atoms with Crippen LogP contribution < -0.4 is 4.90 Å². The van der Waals surface area contributed by atoms with Gasteiger partial charge in [0, 0.05) is 20.0 Å². The first-order valence-electron chi connectivity index (χ1n) is 5.11. The maximum atomic E-state index is 4.31. The maximum absolute atomic E-state index is 4.31. The fourth-order valence-electron chi connectivity index (χ4n) is 2.11. The third-order valence-electron chi connectivity index (χ3n) is 2.90. The molecule has 0 amide bonds. The van der Waals surface area contributed by atoms with Crippen LogP contribution in [0.3, 0.4) is 0 Å². The van der Waals surface area contributed by atoms with Crippen LogP contribution in [0.4, 0.5) is 5.82 Å². The number of aromatic nitrogens is 2. The minimum atomic E-state index is 0.686. The Balaban J connectivity index is 2.26. The van der Waals surface area contributed by atoms with Crippen molar-refractivity contribution in [1.82, 2.24) is 10.2 Å². The van der Waals surface area contributed by atoms with E-state index < -0.39 is 0 Å². The summed E-state index contributed by atoms with van der Waals surface area (Å²) in [4.78, 5) is 2.03. The molecule has 0 radical (unpaired) electrons. The lowest BCUT2D eigenvalue weighted by Crippen LogP contribution is -2.09. The molecule has 3 nitrogen and oxygen atoms in total. The van der Waals surface area contributed by atoms with Crippen molar-refractivity contribution in [1.29, 1.82) is 0 Å². The molecular formula is C10H16BrN3. The summed E-state index contributed by atoms with van der Waals surface area (Å²) in [5.41, 5.74) is 1.28. The number of hydrogen-bond donors (Lipinski definition) is 1. The van der Waals surface area contributed by atoms with Crippen molar-refractivity contribution in [3.63, 3.8) is 0 Å². The number of halogens is 1. The van der Waals surface area contributed by atoms with Crippen LogP contribution >= 0.6 is 15.9 Å². The molecule has 1 saturated carbocycles. The van der Waals surface area contributed by atoms with Gasteiger partial charge in [0.05, 0.1) is 10.2 Å². The zero-order valence-corrected chi connectivity index (χ0v) is 10.3. The van der Waals surface area contributed by atoms with E-state index in [0.717, 1.165) is 10.3 Å². The minimum absolute atomic E-state index is 0.686. The van der Waals surface area contributed by atoms with Crippen molar-refractivity contribution in [3.8, 4) is 0 Å². The van der Waals surface area contributed by atoms with Gasteiger partial charge < -0.3 is 4.90 Å². The second-order valence-electron chi connectivity index (χ2n) is 4.15. The smallest absolute Gasteiger partial charge is 0.164 e. The van der Waals surface area contributed by atoms with Gasteiger partial charge in [-0.15, -0.1) is 0 Å². The fourth-order valence-corrected chi connectivity index (χ4v) is 2.97. The van der Waals surface area contributed by atoms with E-state index in [4.69, 9.17) is 0 Å². The lowest BCUT2D eigenvalue weighted by Gasteiger charge is -2.10. The molecule has 0 spiro atoms. The molecule has 0 aliphatic heterocycles. The molecule has 0 saturated heterocycles. The lowest BCUT2D eigenvalue weighted by atomic mass is 10.0. The van der Waals surface area contributed by atoms with Gasteiger partial charge in [0.2, 0.25) is 0 Å². The highest BCUT2D eigenvalue weighted by atomic mass is 79.9. The Morgan fingerprint density at radius 2 is 2.00 bits per heavy atom. The van der Waals surface area contributed by atoms with Crippen LogP contribution in [-0.4, -0.2) is 24.3 Å². The van der Waals surface area contributed by atoms with Gasteiger partial charge in [-0.05, 0) is 28.8 Å². The first-order chi connectivity index (χ1) is 6.70. The molecule has 1 aromatic rings. The van der Waals surface area contributed by atoms with Crippen LogP contribution in [-0.2, 0) is 0 Å². The molecule has 0 atom stereocenters. The number of rotatable bonds is 2. The highest BCUT2D eigenvalue weighted by Crippen LogP contribution is 2.39. The summed E-state index contributed by atoms with van der Waals surface area (Å²) in [5.74, 6) is 1.69. The van der Waals surface area contributed by atoms with E-state index >= 15 is 0 Å². The largest absolute Gasteiger partial charge is 0.360 e. The number of nitrogens with zero attached hydrogens (tertiary/aromatic N) is 2. The van der Waals surface area contributed by atoms with Crippen molar-refractivity contribution in [3.05, 3.63) is 10.2 Å². The fraction of sp³-hybridized carbons (Fsp3) is 0.700. The number of hydrogen-bond acceptors (Lipinski definition) is 2. The van der Waals surface area contributed by atoms with Crippen LogP contribution in [0.1, 0.15) is 37.3 Å². The SMILES string of the molecule is CN(C)c1n[nH]c(C2CCCC2)c1Br. The summed E-state index contributed by atoms with van der Waals surface area (Å²) in [6, 6.07) is 0. The van der Waals surface area contributed by atoms with E-state index in [2.05, 4.69) is 26.1 Å². The van der Waals surface area contributed by atoms with Crippen molar-refractivity contribution in [2.75, 3.05) is 19.0 Å². The summed E-state index contributed by atoms with van der Waals surface area (Å²) in [5, 5.41) is 7.47. The predicted molar refractivity (Wildman–Crippen MR) is 61.8 cm³/mol. The molecule has 1 aromatic heterocycles. The van der Waals surface area contributed by atoms with E-state index in [1.54, 1.807) is 0 Å². The molecule has 0 bridgehead atoms. The van der Waals surface area contributed by atoms with E-state index in [9.17, 15) is 0 Å². The number of nitrogens with one attached hydrogen (secondary N) is 1. The summed E-state index contributed by atoms with van der Waals surface area (Å²) in [6.07, 6.45) is 5.31. The van der Waals surface area contributed by atoms with Gasteiger partial charge >= 0.3 is 0 Å². The van der Waals surface area contributed by atoms with Crippen molar-refractivity contribution in [2.45, 2.75) is 31.6 Å². The molecule has 0 unspecified atom stereocenters. The molecule has 78 valence electrons. The highest BCUT2D eigenvalue weighted by Gasteiger charge is 2.23. The quantitative estimate of drug-likeness (QED) is 0.884.